The number of rotatable bonds is 6. The van der Waals surface area contributed by atoms with Gasteiger partial charge in [-0.2, -0.15) is 0 Å². The van der Waals surface area contributed by atoms with Crippen molar-refractivity contribution in [3.8, 4) is 0 Å². The van der Waals surface area contributed by atoms with Crippen LogP contribution in [0.2, 0.25) is 0 Å². The number of hydrogen-bond donors (Lipinski definition) is 2. The third-order valence-corrected chi connectivity index (χ3v) is 6.32. The van der Waals surface area contributed by atoms with Crippen LogP contribution in [0.15, 0.2) is 29.3 Å². The minimum absolute atomic E-state index is 0.136. The standard InChI is InChI=1S/C23H33N5O4/c29-21(27-8-1-2-9-27)17-26-10-12-28(13-11-26)23(24-16-20-7-4-14-32-20)25-19-6-3-5-18(15-19)22(30)31/h3,5-6,15,20H,1-2,4,7-14,16-17H2,(H,24,25)(H,30,31)/t20-/m1/s1. The molecule has 3 aliphatic rings. The van der Waals surface area contributed by atoms with Crippen LogP contribution in [0.3, 0.4) is 0 Å². The average Bonchev–Trinajstić information content (AvgIpc) is 3.52. The van der Waals surface area contributed by atoms with Crippen LogP contribution in [0.4, 0.5) is 5.69 Å². The molecule has 9 heteroatoms. The molecule has 0 aliphatic carbocycles. The number of anilines is 1. The third kappa shape index (κ3) is 5.98. The molecule has 1 aromatic rings. The van der Waals surface area contributed by atoms with Crippen molar-refractivity contribution in [2.75, 3.05) is 64.3 Å². The predicted octanol–water partition coefficient (Wildman–Crippen LogP) is 1.57. The van der Waals surface area contributed by atoms with Gasteiger partial charge in [0.15, 0.2) is 5.96 Å². The van der Waals surface area contributed by atoms with Gasteiger partial charge in [-0.25, -0.2) is 4.79 Å². The van der Waals surface area contributed by atoms with E-state index in [1.165, 1.54) is 0 Å². The number of piperazine rings is 1. The van der Waals surface area contributed by atoms with Crippen LogP contribution in [0.1, 0.15) is 36.0 Å². The van der Waals surface area contributed by atoms with Crippen molar-refractivity contribution in [3.63, 3.8) is 0 Å². The number of carbonyl (C=O) groups excluding carboxylic acids is 1. The zero-order chi connectivity index (χ0) is 22.3. The van der Waals surface area contributed by atoms with E-state index in [2.05, 4.69) is 15.1 Å². The number of carboxylic acid groups (broad SMARTS) is 1. The van der Waals surface area contributed by atoms with E-state index < -0.39 is 5.97 Å². The van der Waals surface area contributed by atoms with Crippen molar-refractivity contribution in [2.45, 2.75) is 31.8 Å². The fourth-order valence-electron chi connectivity index (χ4n) is 4.43. The first-order valence-electron chi connectivity index (χ1n) is 11.6. The first-order valence-corrected chi connectivity index (χ1v) is 11.6. The Bertz CT molecular complexity index is 825. The molecule has 4 rings (SSSR count). The zero-order valence-electron chi connectivity index (χ0n) is 18.5. The van der Waals surface area contributed by atoms with Crippen molar-refractivity contribution in [1.82, 2.24) is 14.7 Å². The predicted molar refractivity (Wildman–Crippen MR) is 122 cm³/mol. The quantitative estimate of drug-likeness (QED) is 0.509. The number of carbonyl (C=O) groups is 2. The van der Waals surface area contributed by atoms with E-state index in [9.17, 15) is 14.7 Å². The number of guanidine groups is 1. The second-order valence-corrected chi connectivity index (χ2v) is 8.66. The van der Waals surface area contributed by atoms with Crippen molar-refractivity contribution < 1.29 is 19.4 Å². The van der Waals surface area contributed by atoms with Gasteiger partial charge in [0.2, 0.25) is 5.91 Å². The van der Waals surface area contributed by atoms with Crippen LogP contribution in [-0.4, -0.2) is 103 Å². The Morgan fingerprint density at radius 1 is 1.06 bits per heavy atom. The summed E-state index contributed by atoms with van der Waals surface area (Å²) >= 11 is 0. The molecule has 9 nitrogen and oxygen atoms in total. The summed E-state index contributed by atoms with van der Waals surface area (Å²) < 4.78 is 5.72. The molecule has 3 fully saturated rings. The maximum atomic E-state index is 12.5. The summed E-state index contributed by atoms with van der Waals surface area (Å²) in [6, 6.07) is 6.77. The van der Waals surface area contributed by atoms with Gasteiger partial charge in [0.1, 0.15) is 0 Å². The fourth-order valence-corrected chi connectivity index (χ4v) is 4.43. The smallest absolute Gasteiger partial charge is 0.335 e. The molecule has 1 atom stereocenters. The minimum Gasteiger partial charge on any atom is -0.478 e. The number of nitrogens with one attached hydrogen (secondary N) is 1. The molecule has 1 aromatic carbocycles. The first kappa shape index (κ1) is 22.5. The summed E-state index contributed by atoms with van der Waals surface area (Å²) in [4.78, 5) is 35.0. The molecule has 0 unspecified atom stereocenters. The van der Waals surface area contributed by atoms with E-state index in [0.717, 1.165) is 77.5 Å². The molecule has 3 heterocycles. The van der Waals surface area contributed by atoms with Crippen molar-refractivity contribution in [1.29, 1.82) is 0 Å². The number of amides is 1. The van der Waals surface area contributed by atoms with Crippen molar-refractivity contribution in [2.24, 2.45) is 4.99 Å². The van der Waals surface area contributed by atoms with E-state index in [4.69, 9.17) is 9.73 Å². The normalized spacial score (nSPS) is 22.4. The maximum absolute atomic E-state index is 12.5. The van der Waals surface area contributed by atoms with Gasteiger partial charge in [-0.05, 0) is 43.9 Å². The summed E-state index contributed by atoms with van der Waals surface area (Å²) in [7, 11) is 0. The zero-order valence-corrected chi connectivity index (χ0v) is 18.5. The Balaban J connectivity index is 1.38. The number of nitrogens with zero attached hydrogens (tertiary/aromatic N) is 4. The van der Waals surface area contributed by atoms with E-state index in [-0.39, 0.29) is 17.6 Å². The fraction of sp³-hybridized carbons (Fsp3) is 0.609. The number of benzene rings is 1. The van der Waals surface area contributed by atoms with Gasteiger partial charge in [-0.3, -0.25) is 14.7 Å². The van der Waals surface area contributed by atoms with Gasteiger partial charge in [-0.15, -0.1) is 0 Å². The molecule has 0 radical (unpaired) electrons. The Morgan fingerprint density at radius 2 is 1.84 bits per heavy atom. The lowest BCUT2D eigenvalue weighted by molar-refractivity contribution is -0.131. The van der Waals surface area contributed by atoms with E-state index in [1.54, 1.807) is 18.2 Å². The van der Waals surface area contributed by atoms with E-state index in [1.807, 2.05) is 11.0 Å². The van der Waals surface area contributed by atoms with Crippen molar-refractivity contribution >= 4 is 23.5 Å². The summed E-state index contributed by atoms with van der Waals surface area (Å²) in [5, 5.41) is 12.6. The van der Waals surface area contributed by atoms with Gasteiger partial charge < -0.3 is 25.0 Å². The lowest BCUT2D eigenvalue weighted by Crippen LogP contribution is -2.52. The van der Waals surface area contributed by atoms with Gasteiger partial charge in [0, 0.05) is 51.6 Å². The number of aromatic carboxylic acids is 1. The van der Waals surface area contributed by atoms with Crippen LogP contribution in [0, 0.1) is 0 Å². The Labute approximate surface area is 189 Å². The molecule has 0 bridgehead atoms. The summed E-state index contributed by atoms with van der Waals surface area (Å²) in [6.45, 7) is 6.69. The van der Waals surface area contributed by atoms with Gasteiger partial charge in [-0.1, -0.05) is 6.07 Å². The molecule has 3 aliphatic heterocycles. The second-order valence-electron chi connectivity index (χ2n) is 8.66. The minimum atomic E-state index is -0.956. The largest absolute Gasteiger partial charge is 0.478 e. The van der Waals surface area contributed by atoms with Gasteiger partial charge >= 0.3 is 5.97 Å². The van der Waals surface area contributed by atoms with Gasteiger partial charge in [0.05, 0.1) is 24.8 Å². The molecule has 0 aromatic heterocycles. The Hall–Kier alpha value is -2.65. The summed E-state index contributed by atoms with van der Waals surface area (Å²) in [5.74, 6) is 0.00293. The molecule has 2 N–H and O–H groups in total. The first-order chi connectivity index (χ1) is 15.6. The maximum Gasteiger partial charge on any atom is 0.335 e. The van der Waals surface area contributed by atoms with E-state index >= 15 is 0 Å². The molecule has 0 saturated carbocycles. The highest BCUT2D eigenvalue weighted by Gasteiger charge is 2.25. The topological polar surface area (TPSA) is 97.7 Å². The highest BCUT2D eigenvalue weighted by atomic mass is 16.5. The summed E-state index contributed by atoms with van der Waals surface area (Å²) in [5.41, 5.74) is 0.932. The lowest BCUT2D eigenvalue weighted by atomic mass is 10.2. The summed E-state index contributed by atoms with van der Waals surface area (Å²) in [6.07, 6.45) is 4.43. The van der Waals surface area contributed by atoms with E-state index in [0.29, 0.717) is 18.8 Å². The molecule has 1 amide bonds. The number of carboxylic acids is 1. The SMILES string of the molecule is O=C(O)c1cccc(NC(=NC[C@H]2CCCO2)N2CCN(CC(=O)N3CCCC3)CC2)c1. The number of hydrogen-bond acceptors (Lipinski definition) is 5. The molecule has 174 valence electrons. The molecule has 0 spiro atoms. The molecular formula is C23H33N5O4. The van der Waals surface area contributed by atoms with Crippen LogP contribution >= 0.6 is 0 Å². The van der Waals surface area contributed by atoms with Crippen molar-refractivity contribution in [3.05, 3.63) is 29.8 Å². The third-order valence-electron chi connectivity index (χ3n) is 6.32. The highest BCUT2D eigenvalue weighted by molar-refractivity contribution is 5.96. The van der Waals surface area contributed by atoms with Crippen LogP contribution in [-0.2, 0) is 9.53 Å². The lowest BCUT2D eigenvalue weighted by Gasteiger charge is -2.37. The second kappa shape index (κ2) is 10.8. The number of aliphatic imine (C=N–C) groups is 1. The number of ether oxygens (including phenoxy) is 1. The average molecular weight is 444 g/mol. The molecule has 32 heavy (non-hydrogen) atoms. The van der Waals surface area contributed by atoms with Crippen LogP contribution in [0.25, 0.3) is 0 Å². The van der Waals surface area contributed by atoms with Crippen LogP contribution < -0.4 is 5.32 Å². The monoisotopic (exact) mass is 443 g/mol. The van der Waals surface area contributed by atoms with Crippen LogP contribution in [0.5, 0.6) is 0 Å². The molecule has 3 saturated heterocycles. The molecular weight excluding hydrogens is 410 g/mol. The Kier molecular flexibility index (Phi) is 7.59. The number of likely N-dealkylation sites (tertiary alicyclic amines) is 1. The highest BCUT2D eigenvalue weighted by Crippen LogP contribution is 2.16. The Morgan fingerprint density at radius 3 is 2.53 bits per heavy atom. The van der Waals surface area contributed by atoms with Gasteiger partial charge in [0.25, 0.3) is 0 Å².